The van der Waals surface area contributed by atoms with E-state index in [2.05, 4.69) is 15.1 Å². The molecule has 0 aromatic carbocycles. The number of ether oxygens (including phenoxy) is 1. The van der Waals surface area contributed by atoms with E-state index in [4.69, 9.17) is 14.5 Å². The van der Waals surface area contributed by atoms with E-state index < -0.39 is 0 Å². The van der Waals surface area contributed by atoms with Gasteiger partial charge in [-0.3, -0.25) is 0 Å². The molecule has 0 radical (unpaired) electrons. The van der Waals surface area contributed by atoms with Crippen LogP contribution < -0.4 is 0 Å². The Morgan fingerprint density at radius 2 is 2.47 bits per heavy atom. The summed E-state index contributed by atoms with van der Waals surface area (Å²) in [5, 5.41) is 12.3. The number of methoxy groups -OCH3 is 1. The third-order valence-electron chi connectivity index (χ3n) is 1.78. The molecule has 6 heteroatoms. The zero-order valence-corrected chi connectivity index (χ0v) is 8.02. The monoisotopic (exact) mass is 204 g/mol. The van der Waals surface area contributed by atoms with E-state index in [1.807, 2.05) is 6.07 Å². The van der Waals surface area contributed by atoms with Gasteiger partial charge in [0.15, 0.2) is 5.82 Å². The Labute approximate surface area is 85.5 Å². The van der Waals surface area contributed by atoms with Crippen molar-refractivity contribution in [1.29, 1.82) is 5.26 Å². The van der Waals surface area contributed by atoms with Crippen LogP contribution in [0.5, 0.6) is 0 Å². The van der Waals surface area contributed by atoms with Crippen LogP contribution in [0.3, 0.4) is 0 Å². The van der Waals surface area contributed by atoms with E-state index >= 15 is 0 Å². The topological polar surface area (TPSA) is 87.7 Å². The highest BCUT2D eigenvalue weighted by molar-refractivity contribution is 5.49. The predicted molar refractivity (Wildman–Crippen MR) is 49.5 cm³/mol. The van der Waals surface area contributed by atoms with Crippen LogP contribution in [0.25, 0.3) is 11.6 Å². The van der Waals surface area contributed by atoms with Gasteiger partial charge in [0.25, 0.3) is 5.89 Å². The average Bonchev–Trinajstić information content (AvgIpc) is 2.85. The molecule has 0 atom stereocenters. The van der Waals surface area contributed by atoms with Gasteiger partial charge in [-0.25, -0.2) is 0 Å². The lowest BCUT2D eigenvalue weighted by atomic mass is 10.4. The molecule has 0 bridgehead atoms. The molecule has 0 spiro atoms. The Balaban J connectivity index is 2.25. The van der Waals surface area contributed by atoms with Crippen molar-refractivity contribution in [3.8, 4) is 17.7 Å². The van der Waals surface area contributed by atoms with Crippen molar-refractivity contribution in [2.75, 3.05) is 7.11 Å². The molecule has 0 aliphatic rings. The average molecular weight is 204 g/mol. The normalized spacial score (nSPS) is 10.1. The molecule has 0 aliphatic heterocycles. The standard InChI is InChI=1S/C9H8N4O2/c1-14-5-8-12-9(15-13-8)7-3-2-6(4-10)11-7/h2-3,11H,5H2,1H3. The number of H-pyrrole nitrogens is 1. The maximum absolute atomic E-state index is 8.62. The Morgan fingerprint density at radius 1 is 1.60 bits per heavy atom. The Hall–Kier alpha value is -2.13. The smallest absolute Gasteiger partial charge is 0.274 e. The molecule has 76 valence electrons. The minimum absolute atomic E-state index is 0.301. The predicted octanol–water partition coefficient (Wildman–Crippen LogP) is 1.08. The van der Waals surface area contributed by atoms with Gasteiger partial charge in [0.1, 0.15) is 24.1 Å². The van der Waals surface area contributed by atoms with Gasteiger partial charge in [0.05, 0.1) is 0 Å². The van der Waals surface area contributed by atoms with Crippen molar-refractivity contribution in [1.82, 2.24) is 15.1 Å². The second-order valence-corrected chi connectivity index (χ2v) is 2.85. The lowest BCUT2D eigenvalue weighted by Gasteiger charge is -1.87. The van der Waals surface area contributed by atoms with Gasteiger partial charge in [-0.05, 0) is 12.1 Å². The third kappa shape index (κ3) is 1.87. The molecule has 2 rings (SSSR count). The summed E-state index contributed by atoms with van der Waals surface area (Å²) in [6.07, 6.45) is 0. The molecular formula is C9H8N4O2. The molecule has 0 saturated carbocycles. The van der Waals surface area contributed by atoms with E-state index in [1.54, 1.807) is 19.2 Å². The van der Waals surface area contributed by atoms with Gasteiger partial charge in [0, 0.05) is 7.11 Å². The van der Waals surface area contributed by atoms with Gasteiger partial charge in [-0.1, -0.05) is 5.16 Å². The zero-order valence-electron chi connectivity index (χ0n) is 8.02. The quantitative estimate of drug-likeness (QED) is 0.808. The minimum Gasteiger partial charge on any atom is -0.377 e. The summed E-state index contributed by atoms with van der Waals surface area (Å²) < 4.78 is 9.84. The Kier molecular flexibility index (Phi) is 2.48. The van der Waals surface area contributed by atoms with Crippen LogP contribution in [0.2, 0.25) is 0 Å². The van der Waals surface area contributed by atoms with Crippen LogP contribution in [-0.2, 0) is 11.3 Å². The Morgan fingerprint density at radius 3 is 3.13 bits per heavy atom. The Bertz CT molecular complexity index is 494. The summed E-state index contributed by atoms with van der Waals surface area (Å²) in [7, 11) is 1.55. The molecule has 0 fully saturated rings. The zero-order chi connectivity index (χ0) is 10.7. The molecule has 6 nitrogen and oxygen atoms in total. The van der Waals surface area contributed by atoms with Crippen molar-refractivity contribution >= 4 is 0 Å². The highest BCUT2D eigenvalue weighted by atomic mass is 16.5. The fourth-order valence-electron chi connectivity index (χ4n) is 1.14. The van der Waals surface area contributed by atoms with E-state index in [-0.39, 0.29) is 0 Å². The van der Waals surface area contributed by atoms with Gasteiger partial charge >= 0.3 is 0 Å². The number of aromatic nitrogens is 3. The van der Waals surface area contributed by atoms with Crippen LogP contribution in [0.4, 0.5) is 0 Å². The molecule has 2 aromatic heterocycles. The van der Waals surface area contributed by atoms with Crippen LogP contribution in [-0.4, -0.2) is 22.2 Å². The van der Waals surface area contributed by atoms with Crippen molar-refractivity contribution < 1.29 is 9.26 Å². The van der Waals surface area contributed by atoms with E-state index in [1.165, 1.54) is 0 Å². The van der Waals surface area contributed by atoms with Crippen molar-refractivity contribution in [2.45, 2.75) is 6.61 Å². The molecule has 0 amide bonds. The first kappa shape index (κ1) is 9.43. The summed E-state index contributed by atoms with van der Waals surface area (Å²) in [6.45, 7) is 0.301. The second-order valence-electron chi connectivity index (χ2n) is 2.85. The lowest BCUT2D eigenvalue weighted by molar-refractivity contribution is 0.174. The molecule has 2 heterocycles. The number of aromatic amines is 1. The first-order valence-electron chi connectivity index (χ1n) is 4.24. The van der Waals surface area contributed by atoms with Gasteiger partial charge in [0.2, 0.25) is 0 Å². The van der Waals surface area contributed by atoms with Gasteiger partial charge in [-0.15, -0.1) is 0 Å². The first-order valence-corrected chi connectivity index (χ1v) is 4.24. The fourth-order valence-corrected chi connectivity index (χ4v) is 1.14. The van der Waals surface area contributed by atoms with E-state index in [0.717, 1.165) is 0 Å². The van der Waals surface area contributed by atoms with Crippen molar-refractivity contribution in [2.24, 2.45) is 0 Å². The number of nitrogens with one attached hydrogen (secondary N) is 1. The lowest BCUT2D eigenvalue weighted by Crippen LogP contribution is -1.89. The highest BCUT2D eigenvalue weighted by Gasteiger charge is 2.10. The van der Waals surface area contributed by atoms with E-state index in [9.17, 15) is 0 Å². The van der Waals surface area contributed by atoms with Gasteiger partial charge in [-0.2, -0.15) is 10.2 Å². The van der Waals surface area contributed by atoms with Crippen LogP contribution >= 0.6 is 0 Å². The third-order valence-corrected chi connectivity index (χ3v) is 1.78. The summed E-state index contributed by atoms with van der Waals surface area (Å²) in [5.41, 5.74) is 1.08. The van der Waals surface area contributed by atoms with Gasteiger partial charge < -0.3 is 14.2 Å². The summed E-state index contributed by atoms with van der Waals surface area (Å²) >= 11 is 0. The van der Waals surface area contributed by atoms with Crippen LogP contribution in [0.1, 0.15) is 11.5 Å². The molecule has 0 aliphatic carbocycles. The number of hydrogen-bond acceptors (Lipinski definition) is 5. The second kappa shape index (κ2) is 3.94. The molecule has 15 heavy (non-hydrogen) atoms. The first-order chi connectivity index (χ1) is 7.33. The minimum atomic E-state index is 0.301. The molecule has 1 N–H and O–H groups in total. The van der Waals surface area contributed by atoms with Crippen molar-refractivity contribution in [3.63, 3.8) is 0 Å². The van der Waals surface area contributed by atoms with E-state index in [0.29, 0.717) is 29.7 Å². The summed E-state index contributed by atoms with van der Waals surface area (Å²) in [5.74, 6) is 0.823. The summed E-state index contributed by atoms with van der Waals surface area (Å²) in [6, 6.07) is 5.34. The molecular weight excluding hydrogens is 196 g/mol. The van der Waals surface area contributed by atoms with Crippen LogP contribution in [0.15, 0.2) is 16.7 Å². The molecule has 0 saturated heterocycles. The largest absolute Gasteiger partial charge is 0.377 e. The number of hydrogen-bond donors (Lipinski definition) is 1. The number of nitrogens with zero attached hydrogens (tertiary/aromatic N) is 3. The molecule has 2 aromatic rings. The number of nitriles is 1. The maximum atomic E-state index is 8.62. The fraction of sp³-hybridized carbons (Fsp3) is 0.222. The van der Waals surface area contributed by atoms with Crippen molar-refractivity contribution in [3.05, 3.63) is 23.7 Å². The maximum Gasteiger partial charge on any atom is 0.274 e. The highest BCUT2D eigenvalue weighted by Crippen LogP contribution is 2.15. The van der Waals surface area contributed by atoms with Crippen LogP contribution in [0, 0.1) is 11.3 Å². The molecule has 0 unspecified atom stereocenters. The SMILES string of the molecule is COCc1noc(-c2ccc(C#N)[nH]2)n1. The number of rotatable bonds is 3. The summed E-state index contributed by atoms with van der Waals surface area (Å²) in [4.78, 5) is 6.91.